The van der Waals surface area contributed by atoms with Gasteiger partial charge in [-0.25, -0.2) is 0 Å². The van der Waals surface area contributed by atoms with Crippen molar-refractivity contribution >= 4 is 6.29 Å². The average molecular weight is 250 g/mol. The first kappa shape index (κ1) is 12.9. The summed E-state index contributed by atoms with van der Waals surface area (Å²) in [6, 6.07) is 5.16. The minimum Gasteiger partial charge on any atom is -0.493 e. The molecule has 4 nitrogen and oxygen atoms in total. The zero-order valence-corrected chi connectivity index (χ0v) is 10.6. The van der Waals surface area contributed by atoms with Gasteiger partial charge < -0.3 is 14.2 Å². The molecule has 1 aliphatic rings. The second kappa shape index (κ2) is 6.40. The maximum absolute atomic E-state index is 10.7. The van der Waals surface area contributed by atoms with Crippen LogP contribution in [0.3, 0.4) is 0 Å². The van der Waals surface area contributed by atoms with Crippen LogP contribution in [0.4, 0.5) is 0 Å². The van der Waals surface area contributed by atoms with Crippen molar-refractivity contribution in [2.75, 3.05) is 20.3 Å². The Hall–Kier alpha value is -1.55. The predicted octanol–water partition coefficient (Wildman–Crippen LogP) is 2.46. The lowest BCUT2D eigenvalue weighted by molar-refractivity contribution is 0.0899. The fourth-order valence-electron chi connectivity index (χ4n) is 2.05. The number of rotatable bonds is 6. The van der Waals surface area contributed by atoms with Gasteiger partial charge in [0.15, 0.2) is 11.5 Å². The molecule has 0 radical (unpaired) electrons. The molecule has 0 aliphatic carbocycles. The maximum atomic E-state index is 10.7. The average Bonchev–Trinajstić information content (AvgIpc) is 2.92. The number of benzene rings is 1. The summed E-state index contributed by atoms with van der Waals surface area (Å²) in [6.45, 7) is 1.46. The topological polar surface area (TPSA) is 44.8 Å². The van der Waals surface area contributed by atoms with E-state index in [4.69, 9.17) is 14.2 Å². The standard InChI is InChI=1S/C14H18O4/c1-16-14-9-11(10-15)4-5-13(14)18-8-6-12-3-2-7-17-12/h4-5,9-10,12H,2-3,6-8H2,1H3. The Morgan fingerprint density at radius 1 is 1.44 bits per heavy atom. The van der Waals surface area contributed by atoms with E-state index in [1.807, 2.05) is 0 Å². The van der Waals surface area contributed by atoms with Crippen LogP contribution in [0, 0.1) is 0 Å². The third-order valence-electron chi connectivity index (χ3n) is 3.05. The van der Waals surface area contributed by atoms with Crippen LogP contribution >= 0.6 is 0 Å². The summed E-state index contributed by atoms with van der Waals surface area (Å²) in [5.74, 6) is 1.26. The van der Waals surface area contributed by atoms with E-state index in [1.54, 1.807) is 25.3 Å². The van der Waals surface area contributed by atoms with Crippen LogP contribution in [0.5, 0.6) is 11.5 Å². The van der Waals surface area contributed by atoms with Gasteiger partial charge >= 0.3 is 0 Å². The van der Waals surface area contributed by atoms with Gasteiger partial charge in [-0.05, 0) is 31.0 Å². The lowest BCUT2D eigenvalue weighted by Gasteiger charge is -2.13. The third-order valence-corrected chi connectivity index (χ3v) is 3.05. The van der Waals surface area contributed by atoms with Crippen molar-refractivity contribution in [3.05, 3.63) is 23.8 Å². The quantitative estimate of drug-likeness (QED) is 0.727. The van der Waals surface area contributed by atoms with Crippen LogP contribution in [0.2, 0.25) is 0 Å². The number of aldehydes is 1. The molecule has 0 saturated carbocycles. The molecule has 0 aromatic heterocycles. The van der Waals surface area contributed by atoms with Crippen LogP contribution in [-0.2, 0) is 4.74 Å². The highest BCUT2D eigenvalue weighted by atomic mass is 16.5. The fourth-order valence-corrected chi connectivity index (χ4v) is 2.05. The zero-order valence-electron chi connectivity index (χ0n) is 10.6. The van der Waals surface area contributed by atoms with Crippen molar-refractivity contribution in [1.29, 1.82) is 0 Å². The summed E-state index contributed by atoms with van der Waals surface area (Å²) in [5.41, 5.74) is 0.582. The Kier molecular flexibility index (Phi) is 4.59. The summed E-state index contributed by atoms with van der Waals surface area (Å²) in [5, 5.41) is 0. The fraction of sp³-hybridized carbons (Fsp3) is 0.500. The molecule has 1 heterocycles. The van der Waals surface area contributed by atoms with Gasteiger partial charge in [-0.2, -0.15) is 0 Å². The van der Waals surface area contributed by atoms with Gasteiger partial charge in [0.1, 0.15) is 6.29 Å². The maximum Gasteiger partial charge on any atom is 0.161 e. The lowest BCUT2D eigenvalue weighted by Crippen LogP contribution is -2.11. The second-order valence-electron chi connectivity index (χ2n) is 4.30. The molecule has 1 saturated heterocycles. The van der Waals surface area contributed by atoms with E-state index in [9.17, 15) is 4.79 Å². The number of hydrogen-bond donors (Lipinski definition) is 0. The van der Waals surface area contributed by atoms with Gasteiger partial charge in [0, 0.05) is 18.6 Å². The van der Waals surface area contributed by atoms with Gasteiger partial charge in [0.25, 0.3) is 0 Å². The first-order valence-corrected chi connectivity index (χ1v) is 6.21. The first-order valence-electron chi connectivity index (χ1n) is 6.21. The van der Waals surface area contributed by atoms with E-state index in [-0.39, 0.29) is 0 Å². The van der Waals surface area contributed by atoms with Crippen molar-refractivity contribution in [3.63, 3.8) is 0 Å². The van der Waals surface area contributed by atoms with E-state index < -0.39 is 0 Å². The number of methoxy groups -OCH3 is 1. The largest absolute Gasteiger partial charge is 0.493 e. The molecule has 1 aromatic carbocycles. The first-order chi connectivity index (χ1) is 8.83. The van der Waals surface area contributed by atoms with Crippen molar-refractivity contribution < 1.29 is 19.0 Å². The molecular formula is C14H18O4. The lowest BCUT2D eigenvalue weighted by atomic mass is 10.2. The molecule has 1 aliphatic heterocycles. The highest BCUT2D eigenvalue weighted by Crippen LogP contribution is 2.28. The Balaban J connectivity index is 1.89. The number of ether oxygens (including phenoxy) is 3. The number of carbonyl (C=O) groups excluding carboxylic acids is 1. The second-order valence-corrected chi connectivity index (χ2v) is 4.30. The van der Waals surface area contributed by atoms with Crippen molar-refractivity contribution in [2.45, 2.75) is 25.4 Å². The summed E-state index contributed by atoms with van der Waals surface area (Å²) < 4.78 is 16.4. The van der Waals surface area contributed by atoms with E-state index in [0.29, 0.717) is 29.8 Å². The molecule has 98 valence electrons. The van der Waals surface area contributed by atoms with Crippen LogP contribution in [0.15, 0.2) is 18.2 Å². The molecule has 18 heavy (non-hydrogen) atoms. The zero-order chi connectivity index (χ0) is 12.8. The minimum atomic E-state index is 0.324. The van der Waals surface area contributed by atoms with E-state index in [2.05, 4.69) is 0 Å². The smallest absolute Gasteiger partial charge is 0.161 e. The van der Waals surface area contributed by atoms with Gasteiger partial charge in [-0.15, -0.1) is 0 Å². The highest BCUT2D eigenvalue weighted by molar-refractivity contribution is 5.76. The van der Waals surface area contributed by atoms with Crippen LogP contribution in [0.25, 0.3) is 0 Å². The summed E-state index contributed by atoms with van der Waals surface area (Å²) in [7, 11) is 1.57. The van der Waals surface area contributed by atoms with Gasteiger partial charge in [-0.1, -0.05) is 0 Å². The van der Waals surface area contributed by atoms with Gasteiger partial charge in [0.05, 0.1) is 19.8 Å². The molecule has 0 spiro atoms. The predicted molar refractivity (Wildman–Crippen MR) is 67.5 cm³/mol. The molecular weight excluding hydrogens is 232 g/mol. The summed E-state index contributed by atoms with van der Waals surface area (Å²) >= 11 is 0. The summed E-state index contributed by atoms with van der Waals surface area (Å²) in [6.07, 6.45) is 4.26. The molecule has 1 atom stereocenters. The highest BCUT2D eigenvalue weighted by Gasteiger charge is 2.15. The van der Waals surface area contributed by atoms with Crippen LogP contribution in [-0.4, -0.2) is 32.7 Å². The van der Waals surface area contributed by atoms with E-state index in [1.165, 1.54) is 0 Å². The van der Waals surface area contributed by atoms with Crippen molar-refractivity contribution in [2.24, 2.45) is 0 Å². The van der Waals surface area contributed by atoms with Crippen LogP contribution < -0.4 is 9.47 Å². The monoisotopic (exact) mass is 250 g/mol. The minimum absolute atomic E-state index is 0.324. The van der Waals surface area contributed by atoms with E-state index in [0.717, 1.165) is 32.2 Å². The third kappa shape index (κ3) is 3.23. The van der Waals surface area contributed by atoms with Crippen molar-refractivity contribution in [3.8, 4) is 11.5 Å². The van der Waals surface area contributed by atoms with Crippen molar-refractivity contribution in [1.82, 2.24) is 0 Å². The number of hydrogen-bond acceptors (Lipinski definition) is 4. The Morgan fingerprint density at radius 3 is 3.00 bits per heavy atom. The molecule has 1 aromatic rings. The summed E-state index contributed by atoms with van der Waals surface area (Å²) in [4.78, 5) is 10.7. The van der Waals surface area contributed by atoms with Gasteiger partial charge in [-0.3, -0.25) is 4.79 Å². The Bertz CT molecular complexity index is 397. The molecule has 2 rings (SSSR count). The molecule has 1 fully saturated rings. The molecule has 0 N–H and O–H groups in total. The van der Waals surface area contributed by atoms with Gasteiger partial charge in [0.2, 0.25) is 0 Å². The number of carbonyl (C=O) groups is 1. The normalized spacial score (nSPS) is 18.6. The Labute approximate surface area is 107 Å². The Morgan fingerprint density at radius 2 is 2.33 bits per heavy atom. The van der Waals surface area contributed by atoms with Crippen LogP contribution in [0.1, 0.15) is 29.6 Å². The molecule has 0 bridgehead atoms. The molecule has 0 amide bonds. The van der Waals surface area contributed by atoms with E-state index >= 15 is 0 Å². The SMILES string of the molecule is COc1cc(C=O)ccc1OCCC1CCCO1. The molecule has 4 heteroatoms. The molecule has 1 unspecified atom stereocenters.